The van der Waals surface area contributed by atoms with Crippen molar-refractivity contribution >= 4 is 23.2 Å². The summed E-state index contributed by atoms with van der Waals surface area (Å²) in [7, 11) is 1.65. The van der Waals surface area contributed by atoms with E-state index in [1.54, 1.807) is 7.11 Å². The molecule has 2 heterocycles. The number of ether oxygens (including phenoxy) is 1. The Labute approximate surface area is 168 Å². The summed E-state index contributed by atoms with van der Waals surface area (Å²) in [4.78, 5) is 4.63. The summed E-state index contributed by atoms with van der Waals surface area (Å²) < 4.78 is 7.13. The van der Waals surface area contributed by atoms with Gasteiger partial charge in [-0.2, -0.15) is 10.1 Å². The fourth-order valence-electron chi connectivity index (χ4n) is 3.22. The number of aromatic nitrogens is 3. The van der Waals surface area contributed by atoms with E-state index < -0.39 is 0 Å². The SMILES string of the molecule is COc1ccc(C2=C[C@H](c3ccc(Cl)cc3)n3nc(CCCO)nc3N2)cc1. The molecular formula is C21H21ClN4O2. The smallest absolute Gasteiger partial charge is 0.226 e. The Balaban J connectivity index is 1.74. The zero-order valence-corrected chi connectivity index (χ0v) is 16.2. The fourth-order valence-corrected chi connectivity index (χ4v) is 3.34. The highest BCUT2D eigenvalue weighted by atomic mass is 35.5. The molecule has 2 N–H and O–H groups in total. The van der Waals surface area contributed by atoms with E-state index in [9.17, 15) is 0 Å². The number of aliphatic hydroxyl groups is 1. The maximum atomic E-state index is 9.11. The first-order chi connectivity index (χ1) is 13.7. The Morgan fingerprint density at radius 3 is 2.57 bits per heavy atom. The van der Waals surface area contributed by atoms with Gasteiger partial charge in [0.05, 0.1) is 7.11 Å². The third-order valence-corrected chi connectivity index (χ3v) is 4.93. The molecular weight excluding hydrogens is 376 g/mol. The Bertz CT molecular complexity index is 981. The van der Waals surface area contributed by atoms with Gasteiger partial charge in [-0.05, 0) is 60.0 Å². The number of halogens is 1. The zero-order valence-electron chi connectivity index (χ0n) is 15.5. The van der Waals surface area contributed by atoms with Crippen LogP contribution in [0.2, 0.25) is 5.02 Å². The second-order valence-corrected chi connectivity index (χ2v) is 6.99. The van der Waals surface area contributed by atoms with Crippen LogP contribution in [0.4, 0.5) is 5.95 Å². The molecule has 6 nitrogen and oxygen atoms in total. The van der Waals surface area contributed by atoms with Crippen LogP contribution >= 0.6 is 11.6 Å². The van der Waals surface area contributed by atoms with Gasteiger partial charge in [0.2, 0.25) is 5.95 Å². The lowest BCUT2D eigenvalue weighted by molar-refractivity contribution is 0.287. The van der Waals surface area contributed by atoms with Crippen molar-refractivity contribution in [3.8, 4) is 5.75 Å². The molecule has 1 atom stereocenters. The van der Waals surface area contributed by atoms with E-state index in [2.05, 4.69) is 21.5 Å². The molecule has 0 radical (unpaired) electrons. The summed E-state index contributed by atoms with van der Waals surface area (Å²) in [6.07, 6.45) is 3.39. The summed E-state index contributed by atoms with van der Waals surface area (Å²) in [5.41, 5.74) is 3.05. The van der Waals surface area contributed by atoms with Crippen LogP contribution in [0.3, 0.4) is 0 Å². The summed E-state index contributed by atoms with van der Waals surface area (Å²) in [6.45, 7) is 0.118. The van der Waals surface area contributed by atoms with Crippen molar-refractivity contribution in [2.75, 3.05) is 19.0 Å². The second-order valence-electron chi connectivity index (χ2n) is 6.55. The Hall–Kier alpha value is -2.83. The second kappa shape index (κ2) is 8.04. The molecule has 0 bridgehead atoms. The van der Waals surface area contributed by atoms with Gasteiger partial charge in [0, 0.05) is 23.7 Å². The van der Waals surface area contributed by atoms with Crippen LogP contribution in [-0.4, -0.2) is 33.6 Å². The van der Waals surface area contributed by atoms with Crippen LogP contribution in [0.1, 0.15) is 29.4 Å². The number of hydrogen-bond donors (Lipinski definition) is 2. The number of nitrogens with one attached hydrogen (secondary N) is 1. The van der Waals surface area contributed by atoms with Gasteiger partial charge in [0.1, 0.15) is 11.8 Å². The van der Waals surface area contributed by atoms with Crippen molar-refractivity contribution in [2.24, 2.45) is 0 Å². The maximum absolute atomic E-state index is 9.11. The van der Waals surface area contributed by atoms with Gasteiger partial charge in [-0.25, -0.2) is 4.68 Å². The van der Waals surface area contributed by atoms with Crippen LogP contribution < -0.4 is 10.1 Å². The molecule has 1 aliphatic rings. The van der Waals surface area contributed by atoms with Crippen LogP contribution in [-0.2, 0) is 6.42 Å². The van der Waals surface area contributed by atoms with Crippen LogP contribution in [0.5, 0.6) is 5.75 Å². The number of hydrogen-bond acceptors (Lipinski definition) is 5. The summed E-state index contributed by atoms with van der Waals surface area (Å²) >= 11 is 6.07. The molecule has 0 unspecified atom stereocenters. The highest BCUT2D eigenvalue weighted by Crippen LogP contribution is 2.33. The highest BCUT2D eigenvalue weighted by Gasteiger charge is 2.25. The first-order valence-electron chi connectivity index (χ1n) is 9.13. The van der Waals surface area contributed by atoms with Crippen molar-refractivity contribution in [3.63, 3.8) is 0 Å². The van der Waals surface area contributed by atoms with Gasteiger partial charge in [0.25, 0.3) is 0 Å². The number of nitrogens with zero attached hydrogens (tertiary/aromatic N) is 3. The monoisotopic (exact) mass is 396 g/mol. The van der Waals surface area contributed by atoms with Crippen molar-refractivity contribution in [1.29, 1.82) is 0 Å². The minimum atomic E-state index is -0.110. The lowest BCUT2D eigenvalue weighted by atomic mass is 10.0. The third kappa shape index (κ3) is 3.74. The van der Waals surface area contributed by atoms with E-state index in [4.69, 9.17) is 21.4 Å². The first-order valence-corrected chi connectivity index (χ1v) is 9.51. The minimum absolute atomic E-state index is 0.110. The Morgan fingerprint density at radius 2 is 1.89 bits per heavy atom. The van der Waals surface area contributed by atoms with Crippen molar-refractivity contribution in [2.45, 2.75) is 18.9 Å². The topological polar surface area (TPSA) is 72.2 Å². The number of fused-ring (bicyclic) bond motifs is 1. The number of aliphatic hydroxyl groups excluding tert-OH is 1. The van der Waals surface area contributed by atoms with E-state index in [0.717, 1.165) is 22.6 Å². The van der Waals surface area contributed by atoms with E-state index in [-0.39, 0.29) is 12.6 Å². The minimum Gasteiger partial charge on any atom is -0.497 e. The van der Waals surface area contributed by atoms with Gasteiger partial charge >= 0.3 is 0 Å². The predicted molar refractivity (Wildman–Crippen MR) is 110 cm³/mol. The molecule has 1 aromatic heterocycles. The number of aryl methyl sites for hydroxylation is 1. The number of methoxy groups -OCH3 is 1. The highest BCUT2D eigenvalue weighted by molar-refractivity contribution is 6.30. The molecule has 7 heteroatoms. The van der Waals surface area contributed by atoms with E-state index in [0.29, 0.717) is 29.6 Å². The first kappa shape index (κ1) is 18.5. The average molecular weight is 397 g/mol. The van der Waals surface area contributed by atoms with Crippen LogP contribution in [0.25, 0.3) is 5.70 Å². The van der Waals surface area contributed by atoms with Gasteiger partial charge < -0.3 is 15.2 Å². The molecule has 3 aromatic rings. The Kier molecular flexibility index (Phi) is 5.32. The normalized spacial score (nSPS) is 15.5. The van der Waals surface area contributed by atoms with E-state index >= 15 is 0 Å². The van der Waals surface area contributed by atoms with Gasteiger partial charge in [0.15, 0.2) is 5.82 Å². The molecule has 0 saturated carbocycles. The fraction of sp³-hybridized carbons (Fsp3) is 0.238. The quantitative estimate of drug-likeness (QED) is 0.660. The number of allylic oxidation sites excluding steroid dienone is 1. The lowest BCUT2D eigenvalue weighted by Gasteiger charge is -2.24. The predicted octanol–water partition coefficient (Wildman–Crippen LogP) is 3.92. The number of benzene rings is 2. The molecule has 0 fully saturated rings. The molecule has 28 heavy (non-hydrogen) atoms. The molecule has 0 saturated heterocycles. The number of rotatable bonds is 6. The van der Waals surface area contributed by atoms with Gasteiger partial charge in [-0.1, -0.05) is 23.7 Å². The lowest BCUT2D eigenvalue weighted by Crippen LogP contribution is -2.20. The molecule has 0 aliphatic carbocycles. The average Bonchev–Trinajstić information content (AvgIpc) is 3.15. The molecule has 0 amide bonds. The zero-order chi connectivity index (χ0) is 19.5. The summed E-state index contributed by atoms with van der Waals surface area (Å²) in [5, 5.41) is 17.8. The molecule has 144 valence electrons. The maximum Gasteiger partial charge on any atom is 0.226 e. The Morgan fingerprint density at radius 1 is 1.14 bits per heavy atom. The molecule has 0 spiro atoms. The van der Waals surface area contributed by atoms with E-state index in [1.807, 2.05) is 53.2 Å². The number of anilines is 1. The van der Waals surface area contributed by atoms with Crippen molar-refractivity contribution in [3.05, 3.63) is 76.6 Å². The molecule has 2 aromatic carbocycles. The van der Waals surface area contributed by atoms with E-state index in [1.165, 1.54) is 0 Å². The summed E-state index contributed by atoms with van der Waals surface area (Å²) in [6, 6.07) is 15.5. The third-order valence-electron chi connectivity index (χ3n) is 4.68. The van der Waals surface area contributed by atoms with Crippen LogP contribution in [0, 0.1) is 0 Å². The molecule has 4 rings (SSSR count). The van der Waals surface area contributed by atoms with Crippen molar-refractivity contribution in [1.82, 2.24) is 14.8 Å². The summed E-state index contributed by atoms with van der Waals surface area (Å²) in [5.74, 6) is 2.20. The van der Waals surface area contributed by atoms with Gasteiger partial charge in [-0.3, -0.25) is 0 Å². The largest absolute Gasteiger partial charge is 0.497 e. The van der Waals surface area contributed by atoms with Crippen molar-refractivity contribution < 1.29 is 9.84 Å². The molecule has 1 aliphatic heterocycles. The van der Waals surface area contributed by atoms with Gasteiger partial charge in [-0.15, -0.1) is 0 Å². The van der Waals surface area contributed by atoms with Crippen LogP contribution in [0.15, 0.2) is 54.6 Å². The standard InChI is InChI=1S/C21H21ClN4O2/c1-28-17-10-6-14(7-11-17)18-13-19(15-4-8-16(22)9-5-15)26-21(23-18)24-20(25-26)3-2-12-27/h4-11,13,19,27H,2-3,12H2,1H3,(H,23,24,25)/t19-/m1/s1.